The summed E-state index contributed by atoms with van der Waals surface area (Å²) in [7, 11) is 0. The third-order valence-corrected chi connectivity index (χ3v) is 3.70. The van der Waals surface area contributed by atoms with Crippen LogP contribution in [-0.2, 0) is 6.42 Å². The van der Waals surface area contributed by atoms with Crippen molar-refractivity contribution in [2.24, 2.45) is 0 Å². The van der Waals surface area contributed by atoms with Crippen LogP contribution in [0, 0.1) is 11.3 Å². The Hall–Kier alpha value is -2.74. The van der Waals surface area contributed by atoms with Gasteiger partial charge in [-0.1, -0.05) is 18.2 Å². The highest BCUT2D eigenvalue weighted by molar-refractivity contribution is 5.92. The zero-order valence-electron chi connectivity index (χ0n) is 11.5. The number of para-hydroxylation sites is 1. The minimum absolute atomic E-state index is 0.183. The van der Waals surface area contributed by atoms with Crippen LogP contribution in [0.1, 0.15) is 28.0 Å². The standard InChI is InChI=1S/C16H16N4O/c17-8-11-7-15(18-9-11)16(21)19-10-13-6-5-12-3-1-2-4-14(12)20-13/h1-4,7,9,13,18,20H,5-6,10H2,(H,19,21). The number of anilines is 1. The maximum absolute atomic E-state index is 12.0. The lowest BCUT2D eigenvalue weighted by Gasteiger charge is -2.27. The number of nitriles is 1. The number of fused-ring (bicyclic) bond motifs is 1. The van der Waals surface area contributed by atoms with Crippen molar-refractivity contribution < 1.29 is 4.79 Å². The summed E-state index contributed by atoms with van der Waals surface area (Å²) in [5, 5.41) is 15.1. The number of nitrogens with zero attached hydrogens (tertiary/aromatic N) is 1. The first-order valence-electron chi connectivity index (χ1n) is 6.97. The van der Waals surface area contributed by atoms with E-state index >= 15 is 0 Å². The largest absolute Gasteiger partial charge is 0.380 e. The Morgan fingerprint density at radius 2 is 2.29 bits per heavy atom. The van der Waals surface area contributed by atoms with E-state index < -0.39 is 0 Å². The maximum atomic E-state index is 12.0. The van der Waals surface area contributed by atoms with Gasteiger partial charge >= 0.3 is 0 Å². The molecular weight excluding hydrogens is 264 g/mol. The monoisotopic (exact) mass is 280 g/mol. The minimum atomic E-state index is -0.183. The van der Waals surface area contributed by atoms with E-state index in [0.29, 0.717) is 17.8 Å². The highest BCUT2D eigenvalue weighted by atomic mass is 16.1. The molecule has 1 aliphatic heterocycles. The molecule has 0 radical (unpaired) electrons. The zero-order valence-corrected chi connectivity index (χ0v) is 11.5. The van der Waals surface area contributed by atoms with E-state index in [9.17, 15) is 4.79 Å². The fraction of sp³-hybridized carbons (Fsp3) is 0.250. The molecule has 5 heteroatoms. The zero-order chi connectivity index (χ0) is 14.7. The highest BCUT2D eigenvalue weighted by Gasteiger charge is 2.18. The predicted octanol–water partition coefficient (Wildman–Crippen LogP) is 2.04. The molecule has 3 N–H and O–H groups in total. The molecule has 21 heavy (non-hydrogen) atoms. The minimum Gasteiger partial charge on any atom is -0.380 e. The number of aromatic amines is 1. The number of hydrogen-bond donors (Lipinski definition) is 3. The SMILES string of the molecule is N#Cc1c[nH]c(C(=O)NCC2CCc3ccccc3N2)c1. The van der Waals surface area contributed by atoms with Crippen molar-refractivity contribution in [1.82, 2.24) is 10.3 Å². The van der Waals surface area contributed by atoms with Crippen LogP contribution in [0.2, 0.25) is 0 Å². The number of carbonyl (C=O) groups excluding carboxylic acids is 1. The predicted molar refractivity (Wildman–Crippen MR) is 80.0 cm³/mol. The molecule has 2 aromatic rings. The molecule has 1 aliphatic rings. The summed E-state index contributed by atoms with van der Waals surface area (Å²) in [4.78, 5) is 14.8. The molecule has 5 nitrogen and oxygen atoms in total. The third-order valence-electron chi connectivity index (χ3n) is 3.70. The first-order valence-corrected chi connectivity index (χ1v) is 6.97. The van der Waals surface area contributed by atoms with Crippen molar-refractivity contribution in [2.75, 3.05) is 11.9 Å². The molecule has 1 unspecified atom stereocenters. The number of benzene rings is 1. The smallest absolute Gasteiger partial charge is 0.267 e. The van der Waals surface area contributed by atoms with Crippen molar-refractivity contribution in [3.63, 3.8) is 0 Å². The van der Waals surface area contributed by atoms with Crippen LogP contribution in [0.4, 0.5) is 5.69 Å². The Morgan fingerprint density at radius 3 is 3.10 bits per heavy atom. The van der Waals surface area contributed by atoms with E-state index in [1.54, 1.807) is 6.07 Å². The van der Waals surface area contributed by atoms with Gasteiger partial charge in [0.1, 0.15) is 11.8 Å². The summed E-state index contributed by atoms with van der Waals surface area (Å²) in [6, 6.07) is 12.0. The molecule has 1 aromatic heterocycles. The van der Waals surface area contributed by atoms with Crippen LogP contribution in [0.15, 0.2) is 36.5 Å². The van der Waals surface area contributed by atoms with Crippen LogP contribution < -0.4 is 10.6 Å². The summed E-state index contributed by atoms with van der Waals surface area (Å²) >= 11 is 0. The van der Waals surface area contributed by atoms with Gasteiger partial charge in [0.25, 0.3) is 5.91 Å². The molecule has 1 amide bonds. The van der Waals surface area contributed by atoms with Gasteiger partial charge in [-0.15, -0.1) is 0 Å². The van der Waals surface area contributed by atoms with Gasteiger partial charge in [-0.2, -0.15) is 5.26 Å². The molecule has 0 saturated carbocycles. The lowest BCUT2D eigenvalue weighted by atomic mass is 9.98. The van der Waals surface area contributed by atoms with Gasteiger partial charge in [-0.25, -0.2) is 0 Å². The van der Waals surface area contributed by atoms with Crippen LogP contribution in [0.5, 0.6) is 0 Å². The second-order valence-corrected chi connectivity index (χ2v) is 5.16. The lowest BCUT2D eigenvalue weighted by Crippen LogP contribution is -2.38. The van der Waals surface area contributed by atoms with E-state index in [1.807, 2.05) is 18.2 Å². The number of aromatic nitrogens is 1. The average molecular weight is 280 g/mol. The summed E-state index contributed by atoms with van der Waals surface area (Å²) in [5.74, 6) is -0.183. The van der Waals surface area contributed by atoms with E-state index in [1.165, 1.54) is 11.8 Å². The van der Waals surface area contributed by atoms with E-state index in [-0.39, 0.29) is 11.9 Å². The number of carbonyl (C=O) groups is 1. The summed E-state index contributed by atoms with van der Waals surface area (Å²) in [5.41, 5.74) is 3.35. The van der Waals surface area contributed by atoms with Crippen LogP contribution in [0.25, 0.3) is 0 Å². The van der Waals surface area contributed by atoms with Crippen molar-refractivity contribution in [3.05, 3.63) is 53.3 Å². The Kier molecular flexibility index (Phi) is 3.61. The van der Waals surface area contributed by atoms with Gasteiger partial charge in [0.05, 0.1) is 5.56 Å². The Balaban J connectivity index is 1.57. The molecule has 0 aliphatic carbocycles. The molecular formula is C16H16N4O. The second-order valence-electron chi connectivity index (χ2n) is 5.16. The molecule has 0 saturated heterocycles. The molecule has 106 valence electrons. The Morgan fingerprint density at radius 1 is 1.43 bits per heavy atom. The van der Waals surface area contributed by atoms with E-state index in [4.69, 9.17) is 5.26 Å². The normalized spacial score (nSPS) is 16.4. The van der Waals surface area contributed by atoms with Gasteiger partial charge in [-0.3, -0.25) is 4.79 Å². The Bertz CT molecular complexity index is 698. The maximum Gasteiger partial charge on any atom is 0.267 e. The first-order chi connectivity index (χ1) is 10.3. The van der Waals surface area contributed by atoms with Gasteiger partial charge < -0.3 is 15.6 Å². The van der Waals surface area contributed by atoms with E-state index in [0.717, 1.165) is 18.5 Å². The summed E-state index contributed by atoms with van der Waals surface area (Å²) in [6.45, 7) is 0.564. The lowest BCUT2D eigenvalue weighted by molar-refractivity contribution is 0.0947. The van der Waals surface area contributed by atoms with Crippen molar-refractivity contribution in [2.45, 2.75) is 18.9 Å². The number of hydrogen-bond acceptors (Lipinski definition) is 3. The fourth-order valence-corrected chi connectivity index (χ4v) is 2.56. The molecule has 0 fully saturated rings. The second kappa shape index (κ2) is 5.71. The average Bonchev–Trinajstić information content (AvgIpc) is 3.01. The van der Waals surface area contributed by atoms with Crippen LogP contribution in [-0.4, -0.2) is 23.5 Å². The number of rotatable bonds is 3. The quantitative estimate of drug-likeness (QED) is 0.805. The van der Waals surface area contributed by atoms with Crippen molar-refractivity contribution >= 4 is 11.6 Å². The fourth-order valence-electron chi connectivity index (χ4n) is 2.56. The highest BCUT2D eigenvalue weighted by Crippen LogP contribution is 2.23. The Labute approximate surface area is 123 Å². The van der Waals surface area contributed by atoms with Gasteiger partial charge in [0.2, 0.25) is 0 Å². The number of amides is 1. The van der Waals surface area contributed by atoms with Crippen molar-refractivity contribution in [3.8, 4) is 6.07 Å². The summed E-state index contributed by atoms with van der Waals surface area (Å²) < 4.78 is 0. The number of nitrogens with one attached hydrogen (secondary N) is 3. The molecule has 2 heterocycles. The molecule has 1 atom stereocenters. The number of aryl methyl sites for hydroxylation is 1. The van der Waals surface area contributed by atoms with Gasteiger partial charge in [0, 0.05) is 24.5 Å². The van der Waals surface area contributed by atoms with Crippen LogP contribution >= 0.6 is 0 Å². The van der Waals surface area contributed by atoms with Gasteiger partial charge in [0.15, 0.2) is 0 Å². The van der Waals surface area contributed by atoms with Crippen molar-refractivity contribution in [1.29, 1.82) is 5.26 Å². The molecule has 0 spiro atoms. The third kappa shape index (κ3) is 2.90. The van der Waals surface area contributed by atoms with Gasteiger partial charge in [-0.05, 0) is 30.5 Å². The molecule has 1 aromatic carbocycles. The topological polar surface area (TPSA) is 80.7 Å². The van der Waals surface area contributed by atoms with Crippen LogP contribution in [0.3, 0.4) is 0 Å². The molecule has 0 bridgehead atoms. The molecule has 3 rings (SSSR count). The first kappa shape index (κ1) is 13.3. The number of H-pyrrole nitrogens is 1. The van der Waals surface area contributed by atoms with E-state index in [2.05, 4.69) is 27.8 Å². The summed E-state index contributed by atoms with van der Waals surface area (Å²) in [6.07, 6.45) is 3.54.